The fourth-order valence-electron chi connectivity index (χ4n) is 4.32. The van der Waals surface area contributed by atoms with Crippen molar-refractivity contribution in [1.29, 1.82) is 0 Å². The van der Waals surface area contributed by atoms with E-state index in [1.165, 1.54) is 6.07 Å². The number of hydrogen-bond donors (Lipinski definition) is 3. The van der Waals surface area contributed by atoms with Crippen LogP contribution >= 0.6 is 0 Å². The van der Waals surface area contributed by atoms with E-state index < -0.39 is 29.7 Å². The van der Waals surface area contributed by atoms with Crippen molar-refractivity contribution in [1.82, 2.24) is 10.2 Å². The van der Waals surface area contributed by atoms with Crippen LogP contribution in [0.2, 0.25) is 0 Å². The number of nitrogens with one attached hydrogen (secondary N) is 2. The van der Waals surface area contributed by atoms with Crippen molar-refractivity contribution in [2.45, 2.75) is 84.5 Å². The SMILES string of the molecule is CCC(C)C(NC(=O)OC(C)(C)C)C(=O)N(C1CC1)C(C(=O)Nc1ccc(OC)cc1)c1ccc(O)c(C)c1. The van der Waals surface area contributed by atoms with E-state index in [0.29, 0.717) is 29.0 Å². The molecule has 0 radical (unpaired) electrons. The number of rotatable bonds is 10. The Kier molecular flexibility index (Phi) is 9.48. The Morgan fingerprint density at radius 1 is 1.10 bits per heavy atom. The van der Waals surface area contributed by atoms with Gasteiger partial charge in [-0.25, -0.2) is 4.79 Å². The van der Waals surface area contributed by atoms with Gasteiger partial charge in [0.1, 0.15) is 29.2 Å². The lowest BCUT2D eigenvalue weighted by Gasteiger charge is -2.36. The first kappa shape index (κ1) is 29.8. The number of phenolic OH excluding ortho intramolecular Hbond substituents is 1. The third-order valence-corrected chi connectivity index (χ3v) is 6.77. The lowest BCUT2D eigenvalue weighted by atomic mass is 9.95. The summed E-state index contributed by atoms with van der Waals surface area (Å²) in [6.07, 6.45) is 1.44. The largest absolute Gasteiger partial charge is 0.508 e. The fraction of sp³-hybridized carbons (Fsp3) is 0.500. The van der Waals surface area contributed by atoms with Crippen LogP contribution < -0.4 is 15.4 Å². The molecule has 3 unspecified atom stereocenters. The Bertz CT molecular complexity index is 1170. The number of carbonyl (C=O) groups excluding carboxylic acids is 3. The van der Waals surface area contributed by atoms with Crippen LogP contribution in [-0.4, -0.2) is 52.7 Å². The van der Waals surface area contributed by atoms with E-state index in [4.69, 9.17) is 9.47 Å². The third kappa shape index (κ3) is 7.88. The number of amides is 3. The molecule has 1 fully saturated rings. The maximum atomic E-state index is 14.2. The van der Waals surface area contributed by atoms with E-state index in [1.807, 2.05) is 13.8 Å². The number of carbonyl (C=O) groups is 3. The van der Waals surface area contributed by atoms with Crippen LogP contribution in [-0.2, 0) is 14.3 Å². The Hall–Kier alpha value is -3.75. The number of alkyl carbamates (subject to hydrolysis) is 1. The lowest BCUT2D eigenvalue weighted by molar-refractivity contribution is -0.142. The maximum absolute atomic E-state index is 14.2. The molecule has 1 aliphatic carbocycles. The van der Waals surface area contributed by atoms with Gasteiger partial charge in [0.05, 0.1) is 7.11 Å². The second-order valence-electron chi connectivity index (χ2n) is 11.2. The van der Waals surface area contributed by atoms with Crippen molar-refractivity contribution in [3.8, 4) is 11.5 Å². The highest BCUT2D eigenvalue weighted by Crippen LogP contribution is 2.38. The predicted molar refractivity (Wildman–Crippen MR) is 150 cm³/mol. The fourth-order valence-corrected chi connectivity index (χ4v) is 4.32. The summed E-state index contributed by atoms with van der Waals surface area (Å²) in [5, 5.41) is 15.9. The summed E-state index contributed by atoms with van der Waals surface area (Å²) in [6, 6.07) is 9.79. The average molecular weight is 540 g/mol. The summed E-state index contributed by atoms with van der Waals surface area (Å²) in [7, 11) is 1.56. The molecule has 0 saturated heterocycles. The molecule has 0 heterocycles. The van der Waals surface area contributed by atoms with Crippen LogP contribution in [0, 0.1) is 12.8 Å². The van der Waals surface area contributed by atoms with E-state index >= 15 is 0 Å². The monoisotopic (exact) mass is 539 g/mol. The molecule has 3 amide bonds. The van der Waals surface area contributed by atoms with Crippen LogP contribution in [0.4, 0.5) is 10.5 Å². The summed E-state index contributed by atoms with van der Waals surface area (Å²) in [4.78, 5) is 42.5. The molecule has 9 nitrogen and oxygen atoms in total. The first-order valence-corrected chi connectivity index (χ1v) is 13.4. The molecule has 2 aromatic rings. The minimum atomic E-state index is -0.988. The van der Waals surface area contributed by atoms with Crippen LogP contribution in [0.1, 0.15) is 71.0 Å². The van der Waals surface area contributed by atoms with Gasteiger partial charge in [-0.1, -0.05) is 26.3 Å². The molecule has 1 aliphatic rings. The first-order chi connectivity index (χ1) is 18.3. The molecule has 2 aromatic carbocycles. The van der Waals surface area contributed by atoms with Gasteiger partial charge in [-0.05, 0) is 94.0 Å². The van der Waals surface area contributed by atoms with Gasteiger partial charge in [0.2, 0.25) is 5.91 Å². The van der Waals surface area contributed by atoms with Gasteiger partial charge in [-0.3, -0.25) is 9.59 Å². The van der Waals surface area contributed by atoms with Gasteiger partial charge in [0.25, 0.3) is 5.91 Å². The number of methoxy groups -OCH3 is 1. The number of benzene rings is 2. The Morgan fingerprint density at radius 2 is 1.74 bits per heavy atom. The summed E-state index contributed by atoms with van der Waals surface area (Å²) in [5.74, 6) is -0.207. The average Bonchev–Trinajstić information content (AvgIpc) is 3.71. The zero-order chi connectivity index (χ0) is 28.9. The quantitative estimate of drug-likeness (QED) is 0.376. The highest BCUT2D eigenvalue weighted by atomic mass is 16.6. The van der Waals surface area contributed by atoms with Crippen molar-refractivity contribution < 1.29 is 29.0 Å². The highest BCUT2D eigenvalue weighted by Gasteiger charge is 2.45. The second-order valence-corrected chi connectivity index (χ2v) is 11.2. The first-order valence-electron chi connectivity index (χ1n) is 13.4. The molecular formula is C30H41N3O6. The number of hydrogen-bond acceptors (Lipinski definition) is 6. The number of aryl methyl sites for hydroxylation is 1. The van der Waals surface area contributed by atoms with Crippen LogP contribution in [0.25, 0.3) is 0 Å². The normalized spacial score (nSPS) is 15.5. The van der Waals surface area contributed by atoms with Gasteiger partial charge in [-0.15, -0.1) is 0 Å². The number of phenols is 1. The molecule has 3 rings (SSSR count). The number of nitrogens with zero attached hydrogens (tertiary/aromatic N) is 1. The Labute approximate surface area is 230 Å². The molecule has 3 N–H and O–H groups in total. The topological polar surface area (TPSA) is 117 Å². The number of anilines is 1. The van der Waals surface area contributed by atoms with Gasteiger partial charge in [-0.2, -0.15) is 0 Å². The van der Waals surface area contributed by atoms with Crippen molar-refractivity contribution in [3.63, 3.8) is 0 Å². The summed E-state index contributed by atoms with van der Waals surface area (Å²) in [5.41, 5.74) is 0.975. The molecule has 212 valence electrons. The third-order valence-electron chi connectivity index (χ3n) is 6.77. The van der Waals surface area contributed by atoms with Crippen molar-refractivity contribution >= 4 is 23.6 Å². The van der Waals surface area contributed by atoms with Crippen LogP contribution in [0.15, 0.2) is 42.5 Å². The Balaban J connectivity index is 2.01. The summed E-state index contributed by atoms with van der Waals surface area (Å²) >= 11 is 0. The van der Waals surface area contributed by atoms with E-state index in [1.54, 1.807) is 76.1 Å². The molecule has 1 saturated carbocycles. The van der Waals surface area contributed by atoms with Gasteiger partial charge >= 0.3 is 6.09 Å². The minimum Gasteiger partial charge on any atom is -0.508 e. The Morgan fingerprint density at radius 3 is 2.26 bits per heavy atom. The van der Waals surface area contributed by atoms with Gasteiger partial charge in [0.15, 0.2) is 0 Å². The zero-order valence-corrected chi connectivity index (χ0v) is 23.9. The molecule has 0 aliphatic heterocycles. The van der Waals surface area contributed by atoms with E-state index in [0.717, 1.165) is 12.8 Å². The molecule has 0 aromatic heterocycles. The highest BCUT2D eigenvalue weighted by molar-refractivity contribution is 5.99. The molecule has 3 atom stereocenters. The zero-order valence-electron chi connectivity index (χ0n) is 23.9. The van der Waals surface area contributed by atoms with E-state index in [-0.39, 0.29) is 23.6 Å². The predicted octanol–water partition coefficient (Wildman–Crippen LogP) is 5.32. The second kappa shape index (κ2) is 12.4. The van der Waals surface area contributed by atoms with E-state index in [2.05, 4.69) is 10.6 Å². The number of aromatic hydroxyl groups is 1. The van der Waals surface area contributed by atoms with Gasteiger partial charge in [0, 0.05) is 11.7 Å². The number of ether oxygens (including phenoxy) is 2. The molecule has 9 heteroatoms. The smallest absolute Gasteiger partial charge is 0.408 e. The molecule has 0 bridgehead atoms. The minimum absolute atomic E-state index is 0.0986. The van der Waals surface area contributed by atoms with Crippen molar-refractivity contribution in [2.75, 3.05) is 12.4 Å². The lowest BCUT2D eigenvalue weighted by Crippen LogP contribution is -2.55. The maximum Gasteiger partial charge on any atom is 0.408 e. The summed E-state index contributed by atoms with van der Waals surface area (Å²) in [6.45, 7) is 10.9. The van der Waals surface area contributed by atoms with Gasteiger partial charge < -0.3 is 30.1 Å². The van der Waals surface area contributed by atoms with Crippen molar-refractivity contribution in [2.24, 2.45) is 5.92 Å². The molecule has 0 spiro atoms. The molecular weight excluding hydrogens is 498 g/mol. The van der Waals surface area contributed by atoms with Crippen molar-refractivity contribution in [3.05, 3.63) is 53.6 Å². The van der Waals surface area contributed by atoms with Crippen LogP contribution in [0.3, 0.4) is 0 Å². The molecule has 39 heavy (non-hydrogen) atoms. The standard InChI is InChI=1S/C30H41N3O6/c1-8-18(2)25(32-29(37)39-30(4,5)6)28(36)33(22-12-13-22)26(20-9-16-24(34)19(3)17-20)27(35)31-21-10-14-23(38-7)15-11-21/h9-11,14-18,22,25-26,34H,8,12-13H2,1-7H3,(H,31,35)(H,32,37). The van der Waals surface area contributed by atoms with Crippen LogP contribution in [0.5, 0.6) is 11.5 Å². The van der Waals surface area contributed by atoms with E-state index in [9.17, 15) is 19.5 Å². The summed E-state index contributed by atoms with van der Waals surface area (Å²) < 4.78 is 10.7.